The molecule has 0 atom stereocenters. The molecule has 6 nitrogen and oxygen atoms in total. The van der Waals surface area contributed by atoms with Crippen LogP contribution in [-0.2, 0) is 39.1 Å². The molecule has 0 unspecified atom stereocenters. The van der Waals surface area contributed by atoms with Gasteiger partial charge in [-0.3, -0.25) is 16.8 Å². The van der Waals surface area contributed by atoms with E-state index in [1.807, 2.05) is 11.9 Å². The van der Waals surface area contributed by atoms with E-state index in [-0.39, 0.29) is 38.3 Å². The van der Waals surface area contributed by atoms with Crippen LogP contribution in [0.15, 0.2) is 4.79 Å². The molecule has 3 heterocycles. The molecule has 0 amide bonds. The monoisotopic (exact) mass is 351 g/mol. The predicted octanol–water partition coefficient (Wildman–Crippen LogP) is 0.0634. The summed E-state index contributed by atoms with van der Waals surface area (Å²) in [6.07, 6.45) is 1.85. The zero-order chi connectivity index (χ0) is 13.4. The number of hydrogen-bond acceptors (Lipinski definition) is 5. The minimum atomic E-state index is 0. The number of nitrogens with one attached hydrogen (secondary N) is 1. The molecule has 1 aromatic heterocycles. The van der Waals surface area contributed by atoms with E-state index in [0.717, 1.165) is 56.9 Å². The van der Waals surface area contributed by atoms with E-state index in [2.05, 4.69) is 26.8 Å². The van der Waals surface area contributed by atoms with Crippen LogP contribution in [-0.4, -0.2) is 54.6 Å². The van der Waals surface area contributed by atoms with E-state index in [4.69, 9.17) is 0 Å². The molecule has 1 N–H and O–H groups in total. The summed E-state index contributed by atoms with van der Waals surface area (Å²) in [5.41, 5.74) is 0.844. The van der Waals surface area contributed by atoms with Crippen LogP contribution in [0.5, 0.6) is 0 Å². The van der Waals surface area contributed by atoms with Crippen molar-refractivity contribution in [2.75, 3.05) is 49.6 Å². The molecule has 1 saturated heterocycles. The van der Waals surface area contributed by atoms with E-state index in [1.54, 1.807) is 0 Å². The number of nitrogens with zero attached hydrogens (tertiary/aromatic N) is 4. The average Bonchev–Trinajstić information content (AvgIpc) is 2.41. The van der Waals surface area contributed by atoms with Crippen molar-refractivity contribution in [2.24, 2.45) is 0 Å². The third-order valence-corrected chi connectivity index (χ3v) is 3.93. The molecule has 0 saturated carbocycles. The Labute approximate surface area is 144 Å². The van der Waals surface area contributed by atoms with Crippen molar-refractivity contribution in [3.8, 4) is 0 Å². The molecule has 2 aliphatic rings. The second-order valence-electron chi connectivity index (χ2n) is 5.32. The summed E-state index contributed by atoms with van der Waals surface area (Å²) in [6.45, 7) is 4.48. The fraction of sp³-hybridized carbons (Fsp3) is 0.615. The Hall–Kier alpha value is -0.456. The van der Waals surface area contributed by atoms with Gasteiger partial charge in [-0.15, -0.1) is 0 Å². The number of aromatic amines is 1. The van der Waals surface area contributed by atoms with Crippen LogP contribution >= 0.6 is 0 Å². The van der Waals surface area contributed by atoms with E-state index >= 15 is 0 Å². The molecule has 0 spiro atoms. The first-order valence-corrected chi connectivity index (χ1v) is 6.80. The molecule has 0 aromatic carbocycles. The molecule has 0 aliphatic carbocycles. The van der Waals surface area contributed by atoms with Crippen LogP contribution in [0.2, 0.25) is 0 Å². The smallest absolute Gasteiger partial charge is 0.257 e. The van der Waals surface area contributed by atoms with Crippen molar-refractivity contribution >= 4 is 11.8 Å². The molecule has 7 heteroatoms. The number of anilines is 2. The Bertz CT molecular complexity index is 524. The molecule has 2 aliphatic heterocycles. The van der Waals surface area contributed by atoms with Crippen molar-refractivity contribution < 1.29 is 32.7 Å². The molecule has 1 aromatic rings. The maximum Gasteiger partial charge on any atom is 0.257 e. The van der Waals surface area contributed by atoms with Gasteiger partial charge in [-0.25, -0.2) is 0 Å². The fourth-order valence-electron chi connectivity index (χ4n) is 2.72. The Balaban J connectivity index is 0.00000147. The topological polar surface area (TPSA) is 55.5 Å². The molecule has 1 radical (unpaired) electrons. The number of rotatable bonds is 1. The van der Waals surface area contributed by atoms with Crippen LogP contribution in [0.3, 0.4) is 0 Å². The second-order valence-corrected chi connectivity index (χ2v) is 5.32. The van der Waals surface area contributed by atoms with Gasteiger partial charge < -0.3 is 14.7 Å². The van der Waals surface area contributed by atoms with Crippen molar-refractivity contribution in [3.05, 3.63) is 23.0 Å². The number of hydrogen-bond donors (Lipinski definition) is 1. The normalized spacial score (nSPS) is 19.5. The zero-order valence-corrected chi connectivity index (χ0v) is 14.8. The first kappa shape index (κ1) is 15.9. The molecular weight excluding hydrogens is 331 g/mol. The van der Waals surface area contributed by atoms with Crippen molar-refractivity contribution in [1.82, 2.24) is 14.9 Å². The molecule has 20 heavy (non-hydrogen) atoms. The number of fused-ring (bicyclic) bond motifs is 1. The Morgan fingerprint density at radius 1 is 1.20 bits per heavy atom. The second kappa shape index (κ2) is 6.54. The van der Waals surface area contributed by atoms with Crippen molar-refractivity contribution in [3.63, 3.8) is 0 Å². The standard InChI is InChI=1S/C13H20N5O.Y/c1-16-6-8-18(9-7-16)13-14-11-10(12(19)15-13)4-3-5-17(11)2;/h1,3-9H2,2H3,(H,14,15,19);/q-1;. The predicted molar refractivity (Wildman–Crippen MR) is 75.6 cm³/mol. The first-order chi connectivity index (χ1) is 9.15. The van der Waals surface area contributed by atoms with Crippen molar-refractivity contribution in [1.29, 1.82) is 0 Å². The van der Waals surface area contributed by atoms with E-state index in [9.17, 15) is 4.79 Å². The zero-order valence-electron chi connectivity index (χ0n) is 11.9. The van der Waals surface area contributed by atoms with Crippen molar-refractivity contribution in [2.45, 2.75) is 12.8 Å². The summed E-state index contributed by atoms with van der Waals surface area (Å²) in [5.74, 6) is 1.55. The summed E-state index contributed by atoms with van der Waals surface area (Å²) in [5, 5.41) is 0. The summed E-state index contributed by atoms with van der Waals surface area (Å²) < 4.78 is 0. The van der Waals surface area contributed by atoms with Crippen LogP contribution in [0.25, 0.3) is 0 Å². The van der Waals surface area contributed by atoms with Gasteiger partial charge in [-0.05, 0) is 25.9 Å². The average molecular weight is 351 g/mol. The third kappa shape index (κ3) is 3.07. The minimum absolute atomic E-state index is 0. The molecule has 0 bridgehead atoms. The number of H-pyrrole nitrogens is 1. The van der Waals surface area contributed by atoms with Gasteiger partial charge in [-0.2, -0.15) is 4.98 Å². The number of aromatic nitrogens is 2. The largest absolute Gasteiger partial charge is 0.456 e. The Morgan fingerprint density at radius 2 is 1.90 bits per heavy atom. The molecule has 1 fully saturated rings. The maximum atomic E-state index is 12.2. The maximum absolute atomic E-state index is 12.2. The summed E-state index contributed by atoms with van der Waals surface area (Å²) in [7, 11) is 5.93. The minimum Gasteiger partial charge on any atom is -0.456 e. The summed E-state index contributed by atoms with van der Waals surface area (Å²) in [4.78, 5) is 26.0. The van der Waals surface area contributed by atoms with Gasteiger partial charge in [0, 0.05) is 59.4 Å². The van der Waals surface area contributed by atoms with Crippen LogP contribution in [0, 0.1) is 7.05 Å². The SMILES string of the molecule is [CH2-]N1CCN(c2nc3c(c(=O)[nH]2)CCCN3C)CC1.[Y]. The van der Waals surface area contributed by atoms with Gasteiger partial charge in [0.15, 0.2) is 0 Å². The van der Waals surface area contributed by atoms with Gasteiger partial charge in [-0.1, -0.05) is 0 Å². The van der Waals surface area contributed by atoms with E-state index in [1.165, 1.54) is 0 Å². The quantitative estimate of drug-likeness (QED) is 0.726. The van der Waals surface area contributed by atoms with Crippen LogP contribution < -0.4 is 15.4 Å². The van der Waals surface area contributed by atoms with Gasteiger partial charge in [0.05, 0.1) is 5.56 Å². The molecule has 3 rings (SSSR count). The Morgan fingerprint density at radius 3 is 2.60 bits per heavy atom. The molecule has 107 valence electrons. The fourth-order valence-corrected chi connectivity index (χ4v) is 2.72. The van der Waals surface area contributed by atoms with E-state index < -0.39 is 0 Å². The Kier molecular flexibility index (Phi) is 5.21. The first-order valence-electron chi connectivity index (χ1n) is 6.80. The molecular formula is C13H20N5OY-. The van der Waals surface area contributed by atoms with Gasteiger partial charge in [0.1, 0.15) is 5.82 Å². The van der Waals surface area contributed by atoms with E-state index in [0.29, 0.717) is 5.95 Å². The van der Waals surface area contributed by atoms with Gasteiger partial charge >= 0.3 is 0 Å². The van der Waals surface area contributed by atoms with Gasteiger partial charge in [0.25, 0.3) is 5.56 Å². The van der Waals surface area contributed by atoms with Gasteiger partial charge in [0.2, 0.25) is 5.95 Å². The summed E-state index contributed by atoms with van der Waals surface area (Å²) in [6, 6.07) is 0. The van der Waals surface area contributed by atoms with Crippen LogP contribution in [0.1, 0.15) is 12.0 Å². The third-order valence-electron chi connectivity index (χ3n) is 3.93. The number of piperazine rings is 1. The van der Waals surface area contributed by atoms with Crippen LogP contribution in [0.4, 0.5) is 11.8 Å². The summed E-state index contributed by atoms with van der Waals surface area (Å²) >= 11 is 0.